The third-order valence-electron chi connectivity index (χ3n) is 4.77. The van der Waals surface area contributed by atoms with E-state index < -0.39 is 0 Å². The first-order valence-electron chi connectivity index (χ1n) is 9.22. The molecule has 0 aliphatic heterocycles. The number of carbonyl (C=O) groups is 2. The molecule has 1 fully saturated rings. The summed E-state index contributed by atoms with van der Waals surface area (Å²) in [6, 6.07) is 5.45. The highest BCUT2D eigenvalue weighted by molar-refractivity contribution is 6.03. The Labute approximate surface area is 161 Å². The van der Waals surface area contributed by atoms with Crippen LogP contribution in [-0.4, -0.2) is 34.0 Å². The summed E-state index contributed by atoms with van der Waals surface area (Å²) in [5.41, 5.74) is 2.45. The second-order valence-electron chi connectivity index (χ2n) is 6.76. The van der Waals surface area contributed by atoms with Crippen molar-refractivity contribution in [1.82, 2.24) is 15.2 Å². The lowest BCUT2D eigenvalue weighted by Crippen LogP contribution is -2.15. The third-order valence-corrected chi connectivity index (χ3v) is 4.77. The number of Topliss-reactive ketones (excluding diaryl/α,β-unsaturated/α-hetero) is 1. The molecule has 0 spiro atoms. The van der Waals surface area contributed by atoms with Crippen LogP contribution in [0.15, 0.2) is 30.6 Å². The van der Waals surface area contributed by atoms with E-state index in [9.17, 15) is 9.59 Å². The second kappa shape index (κ2) is 7.30. The lowest BCUT2D eigenvalue weighted by Gasteiger charge is -2.15. The molecule has 28 heavy (non-hydrogen) atoms. The highest BCUT2D eigenvalue weighted by Crippen LogP contribution is 2.36. The quantitative estimate of drug-likeness (QED) is 0.541. The number of methoxy groups -OCH3 is 1. The molecule has 4 rings (SSSR count). The maximum Gasteiger partial charge on any atom is 0.228 e. The van der Waals surface area contributed by atoms with Gasteiger partial charge in [0.05, 0.1) is 30.2 Å². The fourth-order valence-corrected chi connectivity index (χ4v) is 3.06. The average molecular weight is 379 g/mol. The van der Waals surface area contributed by atoms with E-state index in [0.29, 0.717) is 34.9 Å². The van der Waals surface area contributed by atoms with Crippen molar-refractivity contribution in [3.63, 3.8) is 0 Å². The number of carbonyl (C=O) groups excluding carboxylic acids is 2. The Morgan fingerprint density at radius 2 is 2.07 bits per heavy atom. The predicted molar refractivity (Wildman–Crippen MR) is 106 cm³/mol. The molecule has 0 saturated heterocycles. The van der Waals surface area contributed by atoms with E-state index in [1.165, 1.54) is 6.20 Å². The van der Waals surface area contributed by atoms with Crippen LogP contribution in [0.5, 0.6) is 5.75 Å². The van der Waals surface area contributed by atoms with Crippen molar-refractivity contribution in [3.05, 3.63) is 36.2 Å². The Hall–Kier alpha value is -3.42. The molecule has 1 aromatic carbocycles. The molecule has 2 heterocycles. The first-order valence-corrected chi connectivity index (χ1v) is 9.22. The van der Waals surface area contributed by atoms with Gasteiger partial charge >= 0.3 is 0 Å². The minimum absolute atomic E-state index is 0.0375. The number of ketones is 1. The molecule has 1 saturated carbocycles. The van der Waals surface area contributed by atoms with Gasteiger partial charge in [0, 0.05) is 30.0 Å². The Balaban J connectivity index is 1.71. The third kappa shape index (κ3) is 3.40. The number of benzene rings is 1. The number of pyridine rings is 1. The first kappa shape index (κ1) is 18.0. The monoisotopic (exact) mass is 379 g/mol. The molecule has 0 bridgehead atoms. The number of anilines is 3. The van der Waals surface area contributed by atoms with Crippen molar-refractivity contribution in [1.29, 1.82) is 0 Å². The summed E-state index contributed by atoms with van der Waals surface area (Å²) in [6.45, 7) is 1.80. The zero-order valence-electron chi connectivity index (χ0n) is 15.7. The van der Waals surface area contributed by atoms with Crippen molar-refractivity contribution in [2.45, 2.75) is 26.2 Å². The number of ether oxygens (including phenoxy) is 1. The largest absolute Gasteiger partial charge is 0.492 e. The van der Waals surface area contributed by atoms with Crippen molar-refractivity contribution in [2.75, 3.05) is 17.7 Å². The van der Waals surface area contributed by atoms with Gasteiger partial charge in [0.2, 0.25) is 5.91 Å². The molecule has 0 radical (unpaired) electrons. The van der Waals surface area contributed by atoms with Gasteiger partial charge in [0.1, 0.15) is 11.3 Å². The maximum atomic E-state index is 12.4. The number of nitrogens with zero attached hydrogens (tertiary/aromatic N) is 2. The van der Waals surface area contributed by atoms with Crippen LogP contribution < -0.4 is 15.4 Å². The minimum Gasteiger partial charge on any atom is -0.492 e. The van der Waals surface area contributed by atoms with E-state index in [0.717, 1.165) is 23.7 Å². The molecule has 0 unspecified atom stereocenters. The molecule has 1 aliphatic carbocycles. The molecule has 0 atom stereocenters. The van der Waals surface area contributed by atoms with Gasteiger partial charge in [-0.1, -0.05) is 6.92 Å². The van der Waals surface area contributed by atoms with E-state index in [4.69, 9.17) is 4.74 Å². The highest BCUT2D eigenvalue weighted by Gasteiger charge is 2.30. The topological polar surface area (TPSA) is 109 Å². The van der Waals surface area contributed by atoms with E-state index in [-0.39, 0.29) is 17.6 Å². The highest BCUT2D eigenvalue weighted by atomic mass is 16.5. The standard InChI is InChI=1S/C20H21N5O3/c1-3-16(26)13-10-21-17(24-20(27)11-4-5-11)8-15(13)23-14-7-6-12-9-22-25-18(12)19(14)28-2/h6-11H,3-5H2,1-2H3,(H,22,25)(H2,21,23,24,27). The van der Waals surface area contributed by atoms with Gasteiger partial charge in [-0.15, -0.1) is 0 Å². The van der Waals surface area contributed by atoms with Crippen LogP contribution in [0.1, 0.15) is 36.5 Å². The molecule has 1 amide bonds. The van der Waals surface area contributed by atoms with E-state index in [2.05, 4.69) is 25.8 Å². The number of aromatic nitrogens is 3. The molecular formula is C20H21N5O3. The molecule has 3 aromatic rings. The molecule has 2 aromatic heterocycles. The van der Waals surface area contributed by atoms with Crippen LogP contribution in [0, 0.1) is 5.92 Å². The Morgan fingerprint density at radius 1 is 1.25 bits per heavy atom. The predicted octanol–water partition coefficient (Wildman–Crippen LogP) is 3.65. The molecule has 8 nitrogen and oxygen atoms in total. The van der Waals surface area contributed by atoms with Crippen molar-refractivity contribution in [2.24, 2.45) is 5.92 Å². The number of rotatable bonds is 7. The zero-order valence-corrected chi connectivity index (χ0v) is 15.7. The Kier molecular flexibility index (Phi) is 4.68. The summed E-state index contributed by atoms with van der Waals surface area (Å²) in [4.78, 5) is 28.7. The molecule has 144 valence electrons. The summed E-state index contributed by atoms with van der Waals surface area (Å²) in [7, 11) is 1.58. The fourth-order valence-electron chi connectivity index (χ4n) is 3.06. The van der Waals surface area contributed by atoms with Crippen LogP contribution in [0.25, 0.3) is 10.9 Å². The lowest BCUT2D eigenvalue weighted by molar-refractivity contribution is -0.117. The average Bonchev–Trinajstić information content (AvgIpc) is 3.45. The minimum atomic E-state index is -0.0448. The van der Waals surface area contributed by atoms with Crippen LogP contribution >= 0.6 is 0 Å². The van der Waals surface area contributed by atoms with Gasteiger partial charge in [-0.05, 0) is 25.0 Å². The number of fused-ring (bicyclic) bond motifs is 1. The SMILES string of the molecule is CCC(=O)c1cnc(NC(=O)C2CC2)cc1Nc1ccc2cn[nH]c2c1OC. The van der Waals surface area contributed by atoms with Crippen LogP contribution in [0.4, 0.5) is 17.2 Å². The van der Waals surface area contributed by atoms with Gasteiger partial charge in [0.25, 0.3) is 0 Å². The zero-order chi connectivity index (χ0) is 19.7. The number of hydrogen-bond donors (Lipinski definition) is 3. The number of hydrogen-bond acceptors (Lipinski definition) is 6. The smallest absolute Gasteiger partial charge is 0.228 e. The van der Waals surface area contributed by atoms with Gasteiger partial charge in [0.15, 0.2) is 11.5 Å². The summed E-state index contributed by atoms with van der Waals surface area (Å²) in [5.74, 6) is 0.984. The summed E-state index contributed by atoms with van der Waals surface area (Å²) in [6.07, 6.45) is 5.37. The summed E-state index contributed by atoms with van der Waals surface area (Å²) >= 11 is 0. The number of nitrogens with one attached hydrogen (secondary N) is 3. The summed E-state index contributed by atoms with van der Waals surface area (Å²) < 4.78 is 5.55. The van der Waals surface area contributed by atoms with E-state index in [1.54, 1.807) is 26.3 Å². The van der Waals surface area contributed by atoms with Crippen molar-refractivity contribution < 1.29 is 14.3 Å². The molecule has 3 N–H and O–H groups in total. The second-order valence-corrected chi connectivity index (χ2v) is 6.76. The molecule has 1 aliphatic rings. The van der Waals surface area contributed by atoms with Gasteiger partial charge in [-0.2, -0.15) is 5.10 Å². The van der Waals surface area contributed by atoms with E-state index >= 15 is 0 Å². The normalized spacial score (nSPS) is 13.4. The number of H-pyrrole nitrogens is 1. The van der Waals surface area contributed by atoms with Crippen LogP contribution in [-0.2, 0) is 4.79 Å². The van der Waals surface area contributed by atoms with E-state index in [1.807, 2.05) is 12.1 Å². The Morgan fingerprint density at radius 3 is 2.79 bits per heavy atom. The van der Waals surface area contributed by atoms with Gasteiger partial charge in [-0.3, -0.25) is 14.7 Å². The van der Waals surface area contributed by atoms with Crippen molar-refractivity contribution in [3.8, 4) is 5.75 Å². The molecular weight excluding hydrogens is 358 g/mol. The Bertz CT molecular complexity index is 1060. The van der Waals surface area contributed by atoms with Gasteiger partial charge in [-0.25, -0.2) is 4.98 Å². The first-order chi connectivity index (χ1) is 13.6. The van der Waals surface area contributed by atoms with Gasteiger partial charge < -0.3 is 15.4 Å². The van der Waals surface area contributed by atoms with Crippen molar-refractivity contribution >= 4 is 39.8 Å². The van der Waals surface area contributed by atoms with Crippen LogP contribution in [0.2, 0.25) is 0 Å². The summed E-state index contributed by atoms with van der Waals surface area (Å²) in [5, 5.41) is 14.0. The lowest BCUT2D eigenvalue weighted by atomic mass is 10.1. The number of amides is 1. The van der Waals surface area contributed by atoms with Crippen LogP contribution in [0.3, 0.4) is 0 Å². The molecule has 8 heteroatoms. The maximum absolute atomic E-state index is 12.4. The fraction of sp³-hybridized carbons (Fsp3) is 0.300. The number of aromatic amines is 1.